The average Bonchev–Trinajstić information content (AvgIpc) is 2.79. The van der Waals surface area contributed by atoms with E-state index in [-0.39, 0.29) is 5.91 Å². The summed E-state index contributed by atoms with van der Waals surface area (Å²) >= 11 is 0. The minimum Gasteiger partial charge on any atom is -0.352 e. The van der Waals surface area contributed by atoms with E-state index >= 15 is 0 Å². The van der Waals surface area contributed by atoms with E-state index in [2.05, 4.69) is 60.8 Å². The van der Waals surface area contributed by atoms with Gasteiger partial charge in [0.1, 0.15) is 0 Å². The van der Waals surface area contributed by atoms with Gasteiger partial charge in [0, 0.05) is 17.5 Å². The molecule has 1 amide bonds. The quantitative estimate of drug-likeness (QED) is 0.366. The number of carbonyl (C=O) groups is 1. The number of carbonyl (C=O) groups excluding carboxylic acids is 1. The maximum absolute atomic E-state index is 13.2. The van der Waals surface area contributed by atoms with Crippen molar-refractivity contribution < 1.29 is 4.79 Å². The number of benzene rings is 3. The molecule has 3 heteroatoms. The first-order valence-corrected chi connectivity index (χ1v) is 10.9. The molecule has 1 N–H and O–H groups in total. The maximum atomic E-state index is 13.2. The second-order valence-corrected chi connectivity index (χ2v) is 8.04. The second kappa shape index (κ2) is 9.57. The third-order valence-electron chi connectivity index (χ3n) is 5.71. The first-order valence-electron chi connectivity index (χ1n) is 10.9. The molecule has 0 aliphatic carbocycles. The smallest absolute Gasteiger partial charge is 0.252 e. The van der Waals surface area contributed by atoms with E-state index in [0.29, 0.717) is 6.54 Å². The van der Waals surface area contributed by atoms with Crippen LogP contribution in [0.2, 0.25) is 0 Å². The highest BCUT2D eigenvalue weighted by atomic mass is 16.1. The van der Waals surface area contributed by atoms with Crippen molar-refractivity contribution in [2.24, 2.45) is 0 Å². The second-order valence-electron chi connectivity index (χ2n) is 8.04. The van der Waals surface area contributed by atoms with Gasteiger partial charge in [-0.25, -0.2) is 4.98 Å². The molecular formula is C28H28N2O. The van der Waals surface area contributed by atoms with Crippen molar-refractivity contribution in [1.29, 1.82) is 0 Å². The standard InChI is InChI=1S/C28H28N2O/c1-20-15-17-23(18-16-20)27-21(2)26(24-13-6-7-14-25(24)30-27)28(31)29-19-9-8-12-22-10-4-3-5-11-22/h3-7,10-11,13-18H,8-9,12,19H2,1-2H3,(H,29,31). The van der Waals surface area contributed by atoms with Crippen molar-refractivity contribution in [2.45, 2.75) is 33.1 Å². The molecule has 1 heterocycles. The Kier molecular flexibility index (Phi) is 6.42. The summed E-state index contributed by atoms with van der Waals surface area (Å²) in [6.45, 7) is 4.74. The lowest BCUT2D eigenvalue weighted by Crippen LogP contribution is -2.26. The minimum atomic E-state index is -0.0239. The topological polar surface area (TPSA) is 42.0 Å². The van der Waals surface area contributed by atoms with Crippen molar-refractivity contribution in [2.75, 3.05) is 6.54 Å². The predicted octanol–water partition coefficient (Wildman–Crippen LogP) is 6.27. The number of nitrogens with zero attached hydrogens (tertiary/aromatic N) is 1. The van der Waals surface area contributed by atoms with Crippen molar-refractivity contribution in [1.82, 2.24) is 10.3 Å². The maximum Gasteiger partial charge on any atom is 0.252 e. The Morgan fingerprint density at radius 1 is 0.839 bits per heavy atom. The third kappa shape index (κ3) is 4.83. The highest BCUT2D eigenvalue weighted by Gasteiger charge is 2.18. The molecule has 0 saturated carbocycles. The summed E-state index contributed by atoms with van der Waals surface area (Å²) in [6, 6.07) is 26.7. The molecule has 3 nitrogen and oxygen atoms in total. The molecule has 0 atom stereocenters. The fourth-order valence-corrected chi connectivity index (χ4v) is 3.98. The number of nitrogens with one attached hydrogen (secondary N) is 1. The van der Waals surface area contributed by atoms with E-state index in [1.54, 1.807) is 0 Å². The fraction of sp³-hybridized carbons (Fsp3) is 0.214. The summed E-state index contributed by atoms with van der Waals surface area (Å²) in [6.07, 6.45) is 3.04. The Bertz CT molecular complexity index is 1180. The van der Waals surface area contributed by atoms with Crippen LogP contribution in [0.4, 0.5) is 0 Å². The summed E-state index contributed by atoms with van der Waals surface area (Å²) in [4.78, 5) is 18.1. The van der Waals surface area contributed by atoms with Crippen molar-refractivity contribution in [3.05, 3.63) is 101 Å². The summed E-state index contributed by atoms with van der Waals surface area (Å²) in [5, 5.41) is 4.04. The van der Waals surface area contributed by atoms with Gasteiger partial charge in [-0.2, -0.15) is 0 Å². The third-order valence-corrected chi connectivity index (χ3v) is 5.71. The molecule has 1 aromatic heterocycles. The molecule has 0 fully saturated rings. The van der Waals surface area contributed by atoms with Crippen LogP contribution >= 0.6 is 0 Å². The van der Waals surface area contributed by atoms with Crippen LogP contribution in [0.25, 0.3) is 22.2 Å². The molecule has 0 aliphatic heterocycles. The number of hydrogen-bond acceptors (Lipinski definition) is 2. The normalized spacial score (nSPS) is 10.9. The number of aromatic nitrogens is 1. The lowest BCUT2D eigenvalue weighted by molar-refractivity contribution is 0.0954. The number of amides is 1. The number of fused-ring (bicyclic) bond motifs is 1. The van der Waals surface area contributed by atoms with Gasteiger partial charge in [0.15, 0.2) is 0 Å². The molecule has 156 valence electrons. The number of pyridine rings is 1. The molecule has 0 radical (unpaired) electrons. The lowest BCUT2D eigenvalue weighted by atomic mass is 9.96. The zero-order valence-corrected chi connectivity index (χ0v) is 18.2. The van der Waals surface area contributed by atoms with Crippen LogP contribution in [0.5, 0.6) is 0 Å². The molecule has 0 saturated heterocycles. The van der Waals surface area contributed by atoms with Gasteiger partial charge in [-0.3, -0.25) is 4.79 Å². The largest absolute Gasteiger partial charge is 0.352 e. The number of para-hydroxylation sites is 1. The summed E-state index contributed by atoms with van der Waals surface area (Å²) in [5.74, 6) is -0.0239. The molecule has 3 aromatic carbocycles. The Labute approximate surface area is 184 Å². The van der Waals surface area contributed by atoms with Gasteiger partial charge < -0.3 is 5.32 Å². The molecule has 0 bridgehead atoms. The monoisotopic (exact) mass is 408 g/mol. The van der Waals surface area contributed by atoms with Crippen LogP contribution in [-0.2, 0) is 6.42 Å². The van der Waals surface area contributed by atoms with E-state index in [1.165, 1.54) is 11.1 Å². The van der Waals surface area contributed by atoms with Crippen LogP contribution in [0.1, 0.15) is 39.9 Å². The SMILES string of the molecule is Cc1ccc(-c2nc3ccccc3c(C(=O)NCCCCc3ccccc3)c2C)cc1. The predicted molar refractivity (Wildman–Crippen MR) is 128 cm³/mol. The molecule has 31 heavy (non-hydrogen) atoms. The van der Waals surface area contributed by atoms with Crippen molar-refractivity contribution >= 4 is 16.8 Å². The van der Waals surface area contributed by atoms with Gasteiger partial charge in [0.2, 0.25) is 0 Å². The van der Waals surface area contributed by atoms with Gasteiger partial charge in [-0.1, -0.05) is 78.4 Å². The fourth-order valence-electron chi connectivity index (χ4n) is 3.98. The van der Waals surface area contributed by atoms with E-state index in [4.69, 9.17) is 4.98 Å². The first kappa shape index (κ1) is 20.8. The highest BCUT2D eigenvalue weighted by Crippen LogP contribution is 2.29. The zero-order valence-electron chi connectivity index (χ0n) is 18.2. The van der Waals surface area contributed by atoms with Gasteiger partial charge in [0.25, 0.3) is 5.91 Å². The number of rotatable bonds is 7. The molecular weight excluding hydrogens is 380 g/mol. The molecule has 0 unspecified atom stereocenters. The summed E-state index contributed by atoms with van der Waals surface area (Å²) < 4.78 is 0. The first-order chi connectivity index (χ1) is 15.1. The van der Waals surface area contributed by atoms with Crippen LogP contribution in [-0.4, -0.2) is 17.4 Å². The van der Waals surface area contributed by atoms with Crippen molar-refractivity contribution in [3.63, 3.8) is 0 Å². The van der Waals surface area contributed by atoms with Gasteiger partial charge in [-0.05, 0) is 50.3 Å². The van der Waals surface area contributed by atoms with Gasteiger partial charge >= 0.3 is 0 Å². The van der Waals surface area contributed by atoms with E-state index < -0.39 is 0 Å². The molecule has 4 rings (SSSR count). The number of hydrogen-bond donors (Lipinski definition) is 1. The Morgan fingerprint density at radius 2 is 1.55 bits per heavy atom. The summed E-state index contributed by atoms with van der Waals surface area (Å²) in [7, 11) is 0. The Balaban J connectivity index is 1.53. The van der Waals surface area contributed by atoms with E-state index in [1.807, 2.05) is 37.3 Å². The number of unbranched alkanes of at least 4 members (excludes halogenated alkanes) is 1. The summed E-state index contributed by atoms with van der Waals surface area (Å²) in [5.41, 5.74) is 6.94. The molecule has 4 aromatic rings. The minimum absolute atomic E-state index is 0.0239. The molecule has 0 aliphatic rings. The van der Waals surface area contributed by atoms with Crippen LogP contribution in [0.15, 0.2) is 78.9 Å². The van der Waals surface area contributed by atoms with Crippen molar-refractivity contribution in [3.8, 4) is 11.3 Å². The Morgan fingerprint density at radius 3 is 2.32 bits per heavy atom. The van der Waals surface area contributed by atoms with Crippen LogP contribution < -0.4 is 5.32 Å². The van der Waals surface area contributed by atoms with Gasteiger partial charge in [0.05, 0.1) is 16.8 Å². The zero-order chi connectivity index (χ0) is 21.6. The lowest BCUT2D eigenvalue weighted by Gasteiger charge is -2.15. The van der Waals surface area contributed by atoms with Gasteiger partial charge in [-0.15, -0.1) is 0 Å². The van der Waals surface area contributed by atoms with E-state index in [9.17, 15) is 4.79 Å². The van der Waals surface area contributed by atoms with Crippen LogP contribution in [0.3, 0.4) is 0 Å². The molecule has 0 spiro atoms. The average molecular weight is 409 g/mol. The number of aryl methyl sites for hydroxylation is 2. The van der Waals surface area contributed by atoms with Crippen LogP contribution in [0, 0.1) is 13.8 Å². The highest BCUT2D eigenvalue weighted by molar-refractivity contribution is 6.08. The Hall–Kier alpha value is -3.46. The van der Waals surface area contributed by atoms with E-state index in [0.717, 1.165) is 52.5 Å².